The summed E-state index contributed by atoms with van der Waals surface area (Å²) >= 11 is 0. The molecule has 16 heteroatoms. The molecule has 7 aliphatic rings. The summed E-state index contributed by atoms with van der Waals surface area (Å²) in [4.78, 5) is 75.3. The second-order valence-corrected chi connectivity index (χ2v) is 18.0. The van der Waals surface area contributed by atoms with Crippen LogP contribution in [0.2, 0.25) is 0 Å². The van der Waals surface area contributed by atoms with Crippen LogP contribution in [0, 0.1) is 5.41 Å². The first kappa shape index (κ1) is 39.7. The third-order valence-corrected chi connectivity index (χ3v) is 14.4. The molecule has 0 aromatic heterocycles. The molecular weight excluding hydrogens is 751 g/mol. The lowest BCUT2D eigenvalue weighted by atomic mass is 9.71. The Bertz CT molecular complexity index is 1940. The van der Waals surface area contributed by atoms with Gasteiger partial charge >= 0.3 is 6.03 Å². The summed E-state index contributed by atoms with van der Waals surface area (Å²) in [6.45, 7) is 9.23. The van der Waals surface area contributed by atoms with Crippen LogP contribution in [-0.4, -0.2) is 151 Å². The van der Waals surface area contributed by atoms with Crippen molar-refractivity contribution in [2.75, 3.05) is 76.2 Å². The van der Waals surface area contributed by atoms with E-state index < -0.39 is 18.0 Å². The number of piperazine rings is 1. The van der Waals surface area contributed by atoms with E-state index in [9.17, 15) is 24.0 Å². The normalized spacial score (nSPS) is 29.3. The van der Waals surface area contributed by atoms with Gasteiger partial charge in [0.1, 0.15) is 18.2 Å². The van der Waals surface area contributed by atoms with Gasteiger partial charge in [-0.1, -0.05) is 12.1 Å². The molecule has 0 radical (unpaired) electrons. The quantitative estimate of drug-likeness (QED) is 0.231. The monoisotopic (exact) mass is 809 g/mol. The number of imide groups is 1. The molecule has 0 aliphatic carbocycles. The molecular formula is C43H59N11O5. The van der Waals surface area contributed by atoms with Gasteiger partial charge in [-0.2, -0.15) is 0 Å². The van der Waals surface area contributed by atoms with Gasteiger partial charge < -0.3 is 36.0 Å². The van der Waals surface area contributed by atoms with E-state index in [1.165, 1.54) is 24.1 Å². The van der Waals surface area contributed by atoms with Crippen LogP contribution in [0.5, 0.6) is 0 Å². The molecule has 0 saturated carbocycles. The number of carbonyl (C=O) groups excluding carboxylic acids is 5. The Kier molecular flexibility index (Phi) is 11.0. The summed E-state index contributed by atoms with van der Waals surface area (Å²) in [7, 11) is 1.87. The number of likely N-dealkylation sites (tertiary alicyclic amines) is 2. The number of piperidine rings is 4. The van der Waals surface area contributed by atoms with Crippen LogP contribution in [0.15, 0.2) is 42.5 Å². The Balaban J connectivity index is 0.747. The zero-order chi connectivity index (χ0) is 40.8. The molecule has 2 aromatic rings. The van der Waals surface area contributed by atoms with E-state index in [0.717, 1.165) is 95.8 Å². The van der Waals surface area contributed by atoms with Crippen LogP contribution >= 0.6 is 0 Å². The van der Waals surface area contributed by atoms with Gasteiger partial charge in [-0.3, -0.25) is 39.6 Å². The number of urea groups is 1. The molecule has 16 nitrogen and oxygen atoms in total. The fraction of sp³-hybridized carbons (Fsp3) is 0.605. The highest BCUT2D eigenvalue weighted by Crippen LogP contribution is 2.42. The first-order valence-corrected chi connectivity index (χ1v) is 21.7. The number of nitrogens with one attached hydrogen (secondary N) is 4. The number of primary amides is 1. The molecule has 3 unspecified atom stereocenters. The van der Waals surface area contributed by atoms with E-state index in [4.69, 9.17) is 5.73 Å². The minimum Gasteiger partial charge on any atom is -0.371 e. The van der Waals surface area contributed by atoms with Gasteiger partial charge in [0.05, 0.1) is 6.17 Å². The number of nitrogens with two attached hydrogens (primary N) is 1. The molecule has 6 amide bonds. The molecule has 2 aromatic carbocycles. The van der Waals surface area contributed by atoms with Crippen molar-refractivity contribution in [1.82, 2.24) is 40.4 Å². The van der Waals surface area contributed by atoms with E-state index in [1.807, 2.05) is 24.1 Å². The largest absolute Gasteiger partial charge is 0.371 e. The Morgan fingerprint density at radius 1 is 0.898 bits per heavy atom. The van der Waals surface area contributed by atoms with Crippen LogP contribution in [0.4, 0.5) is 16.2 Å². The van der Waals surface area contributed by atoms with Crippen LogP contribution in [0.25, 0.3) is 0 Å². The van der Waals surface area contributed by atoms with Crippen molar-refractivity contribution < 1.29 is 24.0 Å². The number of anilines is 2. The van der Waals surface area contributed by atoms with Crippen LogP contribution in [0.3, 0.4) is 0 Å². The Morgan fingerprint density at radius 2 is 1.66 bits per heavy atom. The van der Waals surface area contributed by atoms with E-state index in [-0.39, 0.29) is 48.5 Å². The first-order chi connectivity index (χ1) is 28.5. The predicted octanol–water partition coefficient (Wildman–Crippen LogP) is 1.27. The second kappa shape index (κ2) is 16.4. The third kappa shape index (κ3) is 8.11. The summed E-state index contributed by atoms with van der Waals surface area (Å²) in [6.07, 6.45) is 6.93. The van der Waals surface area contributed by atoms with Gasteiger partial charge in [0.15, 0.2) is 0 Å². The molecule has 6 saturated heterocycles. The Hall–Kier alpha value is -4.77. The van der Waals surface area contributed by atoms with Gasteiger partial charge in [0.2, 0.25) is 17.7 Å². The summed E-state index contributed by atoms with van der Waals surface area (Å²) in [5.41, 5.74) is 11.1. The molecule has 6 N–H and O–H groups in total. The zero-order valence-electron chi connectivity index (χ0n) is 34.2. The molecule has 5 atom stereocenters. The van der Waals surface area contributed by atoms with E-state index in [2.05, 4.69) is 66.3 Å². The first-order valence-electron chi connectivity index (χ1n) is 21.7. The summed E-state index contributed by atoms with van der Waals surface area (Å²) in [5, 5.41) is 13.0. The average Bonchev–Trinajstić information content (AvgIpc) is 3.75. The average molecular weight is 810 g/mol. The van der Waals surface area contributed by atoms with Crippen molar-refractivity contribution in [3.63, 3.8) is 0 Å². The number of amides is 6. The summed E-state index contributed by atoms with van der Waals surface area (Å²) < 4.78 is 0. The molecule has 7 aliphatic heterocycles. The summed E-state index contributed by atoms with van der Waals surface area (Å²) in [5.74, 6) is -1.18. The number of benzene rings is 2. The smallest absolute Gasteiger partial charge is 0.320 e. The van der Waals surface area contributed by atoms with Crippen molar-refractivity contribution in [2.45, 2.75) is 94.9 Å². The fourth-order valence-electron chi connectivity index (χ4n) is 10.7. The number of hydrogen-bond acceptors (Lipinski definition) is 11. The minimum absolute atomic E-state index is 0.000868. The molecule has 59 heavy (non-hydrogen) atoms. The molecule has 7 heterocycles. The van der Waals surface area contributed by atoms with E-state index in [0.29, 0.717) is 30.5 Å². The van der Waals surface area contributed by atoms with Crippen molar-refractivity contribution >= 4 is 41.0 Å². The summed E-state index contributed by atoms with van der Waals surface area (Å²) in [6, 6.07) is 13.7. The van der Waals surface area contributed by atoms with Crippen molar-refractivity contribution in [3.8, 4) is 0 Å². The number of hydrogen-bond donors (Lipinski definition) is 5. The number of fused-ring (bicyclic) bond motifs is 1. The number of likely N-dealkylation sites (N-methyl/N-ethyl adjacent to an activating group) is 1. The number of rotatable bonds is 9. The highest BCUT2D eigenvalue weighted by atomic mass is 16.2. The van der Waals surface area contributed by atoms with Gasteiger partial charge in [0.25, 0.3) is 5.91 Å². The fourth-order valence-corrected chi connectivity index (χ4v) is 10.7. The maximum absolute atomic E-state index is 13.2. The molecule has 6 fully saturated rings. The lowest BCUT2D eigenvalue weighted by molar-refractivity contribution is -0.137. The van der Waals surface area contributed by atoms with Gasteiger partial charge in [-0.05, 0) is 111 Å². The third-order valence-electron chi connectivity index (χ3n) is 14.4. The molecule has 316 valence electrons. The standard InChI is InChI=1S/C43H59N11O5/c1-49-21-22-53(42(49)59)32-3-2-16-52(27-32)35-24-45-37(38(44)56)39(47-35)46-30-5-7-31(8-6-30)51-19-14-43(15-20-51)12-17-50(18-13-43)25-28-4-9-33-29(23-28)26-54(41(33)58)34-10-11-36(55)48-40(34)57/h4-9,23,32,34-35,37,39,45-47H,2-3,10-22,24-27H2,1H3,(H2,44,56)(H,48,55,57)/t32-,34-,35?,37?,39?/m1/s1. The van der Waals surface area contributed by atoms with Gasteiger partial charge in [0, 0.05) is 88.8 Å². The Morgan fingerprint density at radius 3 is 2.37 bits per heavy atom. The lowest BCUT2D eigenvalue weighted by Gasteiger charge is -2.47. The number of nitrogens with zero attached hydrogens (tertiary/aromatic N) is 6. The van der Waals surface area contributed by atoms with E-state index in [1.54, 1.807) is 9.80 Å². The van der Waals surface area contributed by atoms with Crippen molar-refractivity contribution in [2.24, 2.45) is 11.1 Å². The zero-order valence-corrected chi connectivity index (χ0v) is 34.2. The molecule has 9 rings (SSSR count). The van der Waals surface area contributed by atoms with Crippen LogP contribution < -0.4 is 31.9 Å². The highest BCUT2D eigenvalue weighted by molar-refractivity contribution is 6.05. The van der Waals surface area contributed by atoms with Crippen molar-refractivity contribution in [1.29, 1.82) is 0 Å². The van der Waals surface area contributed by atoms with Gasteiger partial charge in [-0.25, -0.2) is 4.79 Å². The van der Waals surface area contributed by atoms with Crippen LogP contribution in [0.1, 0.15) is 72.9 Å². The second-order valence-electron chi connectivity index (χ2n) is 18.0. The highest BCUT2D eigenvalue weighted by Gasteiger charge is 2.42. The van der Waals surface area contributed by atoms with Gasteiger partial charge in [-0.15, -0.1) is 0 Å². The minimum atomic E-state index is -0.595. The molecule has 0 bridgehead atoms. The Labute approximate surface area is 346 Å². The topological polar surface area (TPSA) is 179 Å². The SMILES string of the molecule is CN1CCN([C@@H]2CCCN(C3CNC(C(N)=O)C(Nc4ccc(N5CCC6(CCN(Cc7ccc8c(c7)CN([C@@H]7CCC(=O)NC7=O)C8=O)CC6)CC5)cc4)N3)C2)C1=O. The lowest BCUT2D eigenvalue weighted by Crippen LogP contribution is -2.71. The predicted molar refractivity (Wildman–Crippen MR) is 222 cm³/mol. The van der Waals surface area contributed by atoms with Crippen molar-refractivity contribution in [3.05, 3.63) is 59.2 Å². The maximum atomic E-state index is 13.2. The maximum Gasteiger partial charge on any atom is 0.320 e. The molecule has 1 spiro atoms. The number of carbonyl (C=O) groups is 5. The van der Waals surface area contributed by atoms with Crippen LogP contribution in [-0.2, 0) is 27.5 Å². The van der Waals surface area contributed by atoms with E-state index >= 15 is 0 Å².